The molecule has 0 aromatic rings. The van der Waals surface area contributed by atoms with Gasteiger partial charge in [-0.25, -0.2) is 0 Å². The van der Waals surface area contributed by atoms with Gasteiger partial charge in [0.15, 0.2) is 0 Å². The van der Waals surface area contributed by atoms with Crippen LogP contribution < -0.4 is 0 Å². The maximum absolute atomic E-state index is 9.45. The molecule has 0 saturated carbocycles. The Bertz CT molecular complexity index is 164. The van der Waals surface area contributed by atoms with E-state index in [2.05, 4.69) is 13.8 Å². The lowest BCUT2D eigenvalue weighted by atomic mass is 9.80. The van der Waals surface area contributed by atoms with Crippen molar-refractivity contribution in [1.82, 2.24) is 0 Å². The third-order valence-corrected chi connectivity index (χ3v) is 4.01. The summed E-state index contributed by atoms with van der Waals surface area (Å²) >= 11 is 0. The van der Waals surface area contributed by atoms with Gasteiger partial charge < -0.3 is 10.2 Å². The van der Waals surface area contributed by atoms with Gasteiger partial charge in [-0.3, -0.25) is 0 Å². The van der Waals surface area contributed by atoms with Gasteiger partial charge >= 0.3 is 0 Å². The van der Waals surface area contributed by atoms with Crippen molar-refractivity contribution >= 4 is 0 Å². The van der Waals surface area contributed by atoms with E-state index in [1.54, 1.807) is 0 Å². The summed E-state index contributed by atoms with van der Waals surface area (Å²) in [6.45, 7) is 4.63. The van der Waals surface area contributed by atoms with Gasteiger partial charge in [0, 0.05) is 5.41 Å². The smallest absolute Gasteiger partial charge is 0.0509 e. The van der Waals surface area contributed by atoms with Gasteiger partial charge in [0.05, 0.1) is 13.2 Å². The molecule has 0 heterocycles. The van der Waals surface area contributed by atoms with Crippen molar-refractivity contribution in [3.8, 4) is 0 Å². The van der Waals surface area contributed by atoms with E-state index in [0.717, 1.165) is 25.7 Å². The molecule has 0 radical (unpaired) electrons. The quantitative estimate of drug-likeness (QED) is 0.484. The van der Waals surface area contributed by atoms with Gasteiger partial charge in [-0.15, -0.1) is 0 Å². The highest BCUT2D eigenvalue weighted by atomic mass is 16.3. The Morgan fingerprint density at radius 2 is 1.11 bits per heavy atom. The van der Waals surface area contributed by atoms with Crippen LogP contribution >= 0.6 is 0 Å². The molecule has 0 rings (SSSR count). The summed E-state index contributed by atoms with van der Waals surface area (Å²) in [5.41, 5.74) is -0.211. The van der Waals surface area contributed by atoms with Crippen LogP contribution in [0.5, 0.6) is 0 Å². The molecule has 0 atom stereocenters. The van der Waals surface area contributed by atoms with Crippen molar-refractivity contribution in [3.05, 3.63) is 0 Å². The summed E-state index contributed by atoms with van der Waals surface area (Å²) < 4.78 is 0. The van der Waals surface area contributed by atoms with Gasteiger partial charge in [0.2, 0.25) is 0 Å². The Balaban J connectivity index is 3.55. The van der Waals surface area contributed by atoms with Crippen molar-refractivity contribution in [2.75, 3.05) is 13.2 Å². The molecule has 0 aliphatic heterocycles. The summed E-state index contributed by atoms with van der Waals surface area (Å²) in [5.74, 6) is 0. The first kappa shape index (κ1) is 17.9. The molecule has 0 aromatic carbocycles. The van der Waals surface area contributed by atoms with E-state index in [1.807, 2.05) is 0 Å². The minimum atomic E-state index is -0.211. The van der Waals surface area contributed by atoms with Crippen LogP contribution in [0.25, 0.3) is 0 Å². The first-order valence-corrected chi connectivity index (χ1v) is 7.96. The Morgan fingerprint density at radius 1 is 0.611 bits per heavy atom. The highest BCUT2D eigenvalue weighted by Crippen LogP contribution is 2.29. The van der Waals surface area contributed by atoms with Gasteiger partial charge in [-0.2, -0.15) is 0 Å². The van der Waals surface area contributed by atoms with Crippen molar-refractivity contribution in [2.24, 2.45) is 5.41 Å². The van der Waals surface area contributed by atoms with Crippen LogP contribution in [0.15, 0.2) is 0 Å². The van der Waals surface area contributed by atoms with Crippen molar-refractivity contribution < 1.29 is 10.2 Å². The van der Waals surface area contributed by atoms with E-state index in [1.165, 1.54) is 44.9 Å². The van der Waals surface area contributed by atoms with Gasteiger partial charge in [-0.05, 0) is 12.8 Å². The predicted octanol–water partition coefficient (Wildman–Crippen LogP) is 4.29. The lowest BCUT2D eigenvalue weighted by molar-refractivity contribution is 0.0369. The Hall–Kier alpha value is -0.0800. The number of hydrogen-bond donors (Lipinski definition) is 2. The van der Waals surface area contributed by atoms with Crippen LogP contribution in [0.4, 0.5) is 0 Å². The molecular formula is C16H34O2. The van der Waals surface area contributed by atoms with Crippen LogP contribution in [-0.2, 0) is 0 Å². The molecule has 0 saturated heterocycles. The zero-order chi connectivity index (χ0) is 13.7. The van der Waals surface area contributed by atoms with E-state index in [4.69, 9.17) is 0 Å². The fourth-order valence-corrected chi connectivity index (χ4v) is 2.66. The monoisotopic (exact) mass is 258 g/mol. The van der Waals surface area contributed by atoms with Crippen LogP contribution in [-0.4, -0.2) is 23.4 Å². The lowest BCUT2D eigenvalue weighted by Crippen LogP contribution is -2.29. The summed E-state index contributed by atoms with van der Waals surface area (Å²) in [5, 5.41) is 18.9. The number of aliphatic hydroxyl groups excluding tert-OH is 2. The van der Waals surface area contributed by atoms with Crippen molar-refractivity contribution in [1.29, 1.82) is 0 Å². The molecule has 0 spiro atoms. The number of hydrogen-bond acceptors (Lipinski definition) is 2. The van der Waals surface area contributed by atoms with Gasteiger partial charge in [0.1, 0.15) is 0 Å². The molecule has 0 aliphatic rings. The third-order valence-electron chi connectivity index (χ3n) is 4.01. The second-order valence-corrected chi connectivity index (χ2v) is 5.79. The number of unbranched alkanes of at least 4 members (excludes halogenated alkanes) is 7. The minimum Gasteiger partial charge on any atom is -0.396 e. The van der Waals surface area contributed by atoms with Crippen LogP contribution in [0.1, 0.15) is 84.5 Å². The van der Waals surface area contributed by atoms with E-state index < -0.39 is 0 Å². The second kappa shape index (κ2) is 12.0. The molecule has 0 unspecified atom stereocenters. The summed E-state index contributed by atoms with van der Waals surface area (Å²) in [7, 11) is 0. The van der Waals surface area contributed by atoms with Crippen molar-refractivity contribution in [2.45, 2.75) is 84.5 Å². The maximum Gasteiger partial charge on any atom is 0.0509 e. The average Bonchev–Trinajstić information content (AvgIpc) is 2.40. The molecular weight excluding hydrogens is 224 g/mol. The summed E-state index contributed by atoms with van der Waals surface area (Å²) in [6.07, 6.45) is 13.4. The number of rotatable bonds is 13. The summed E-state index contributed by atoms with van der Waals surface area (Å²) in [6, 6.07) is 0. The molecule has 2 heteroatoms. The largest absolute Gasteiger partial charge is 0.396 e. The van der Waals surface area contributed by atoms with E-state index in [0.29, 0.717) is 0 Å². The molecule has 18 heavy (non-hydrogen) atoms. The Kier molecular flexibility index (Phi) is 11.9. The SMILES string of the molecule is CCCCCCCCCCC(CO)(CO)CCC. The zero-order valence-electron chi connectivity index (χ0n) is 12.6. The highest BCUT2D eigenvalue weighted by molar-refractivity contribution is 4.77. The summed E-state index contributed by atoms with van der Waals surface area (Å²) in [4.78, 5) is 0. The minimum absolute atomic E-state index is 0.133. The molecule has 2 N–H and O–H groups in total. The fraction of sp³-hybridized carbons (Fsp3) is 1.00. The molecule has 0 fully saturated rings. The normalized spacial score (nSPS) is 12.0. The van der Waals surface area contributed by atoms with Gasteiger partial charge in [0.25, 0.3) is 0 Å². The standard InChI is InChI=1S/C16H34O2/c1-3-5-6-7-8-9-10-11-13-16(14-17,15-18)12-4-2/h17-18H,3-15H2,1-2H3. The molecule has 0 aliphatic carbocycles. The van der Waals surface area contributed by atoms with E-state index >= 15 is 0 Å². The van der Waals surface area contributed by atoms with E-state index in [9.17, 15) is 10.2 Å². The molecule has 0 bridgehead atoms. The van der Waals surface area contributed by atoms with E-state index in [-0.39, 0.29) is 18.6 Å². The fourth-order valence-electron chi connectivity index (χ4n) is 2.66. The van der Waals surface area contributed by atoms with Gasteiger partial charge in [-0.1, -0.05) is 71.6 Å². The molecule has 110 valence electrons. The maximum atomic E-state index is 9.45. The number of aliphatic hydroxyl groups is 2. The highest BCUT2D eigenvalue weighted by Gasteiger charge is 2.26. The zero-order valence-corrected chi connectivity index (χ0v) is 12.6. The lowest BCUT2D eigenvalue weighted by Gasteiger charge is -2.29. The molecule has 2 nitrogen and oxygen atoms in total. The second-order valence-electron chi connectivity index (χ2n) is 5.79. The predicted molar refractivity (Wildman–Crippen MR) is 78.7 cm³/mol. The van der Waals surface area contributed by atoms with Crippen LogP contribution in [0.2, 0.25) is 0 Å². The Labute approximate surface area is 114 Å². The van der Waals surface area contributed by atoms with Crippen LogP contribution in [0.3, 0.4) is 0 Å². The van der Waals surface area contributed by atoms with Crippen LogP contribution in [0, 0.1) is 5.41 Å². The topological polar surface area (TPSA) is 40.5 Å². The average molecular weight is 258 g/mol. The molecule has 0 aromatic heterocycles. The Morgan fingerprint density at radius 3 is 1.56 bits per heavy atom. The third kappa shape index (κ3) is 8.10. The first-order valence-electron chi connectivity index (χ1n) is 7.96. The van der Waals surface area contributed by atoms with Crippen molar-refractivity contribution in [3.63, 3.8) is 0 Å². The molecule has 0 amide bonds. The first-order chi connectivity index (χ1) is 8.74.